The lowest BCUT2D eigenvalue weighted by Gasteiger charge is -2.25. The standard InChI is InChI=1S/C14H13BrFNO2/c1-9(10-5-3-4-6-12(10)16)17(2)14(18)11-7-8-19-13(11)15/h3-9H,1-2H3. The summed E-state index contributed by atoms with van der Waals surface area (Å²) < 4.78 is 19.1. The van der Waals surface area contributed by atoms with Crippen LogP contribution >= 0.6 is 15.9 Å². The number of amides is 1. The second kappa shape index (κ2) is 5.57. The van der Waals surface area contributed by atoms with Gasteiger partial charge in [-0.2, -0.15) is 0 Å². The number of halogens is 2. The fraction of sp³-hybridized carbons (Fsp3) is 0.214. The van der Waals surface area contributed by atoms with Crippen molar-refractivity contribution >= 4 is 21.8 Å². The maximum atomic E-state index is 13.7. The average Bonchev–Trinajstić information content (AvgIpc) is 2.83. The molecule has 0 saturated carbocycles. The van der Waals surface area contributed by atoms with E-state index in [1.54, 1.807) is 38.2 Å². The highest BCUT2D eigenvalue weighted by molar-refractivity contribution is 9.10. The van der Waals surface area contributed by atoms with Crippen molar-refractivity contribution < 1.29 is 13.6 Å². The van der Waals surface area contributed by atoms with Gasteiger partial charge in [-0.05, 0) is 35.0 Å². The molecule has 1 heterocycles. The minimum absolute atomic E-state index is 0.226. The van der Waals surface area contributed by atoms with Crippen molar-refractivity contribution in [1.82, 2.24) is 4.90 Å². The Hall–Kier alpha value is -1.62. The molecule has 0 spiro atoms. The first-order valence-electron chi connectivity index (χ1n) is 5.77. The molecular formula is C14H13BrFNO2. The monoisotopic (exact) mass is 325 g/mol. The molecule has 0 radical (unpaired) electrons. The van der Waals surface area contributed by atoms with Crippen molar-refractivity contribution in [3.05, 3.63) is 58.2 Å². The Morgan fingerprint density at radius 3 is 2.63 bits per heavy atom. The number of benzene rings is 1. The van der Waals surface area contributed by atoms with Gasteiger partial charge in [0.05, 0.1) is 17.9 Å². The average molecular weight is 326 g/mol. The molecule has 100 valence electrons. The summed E-state index contributed by atoms with van der Waals surface area (Å²) in [5.41, 5.74) is 0.906. The second-order valence-corrected chi connectivity index (χ2v) is 4.94. The van der Waals surface area contributed by atoms with Crippen LogP contribution in [-0.4, -0.2) is 17.9 Å². The molecule has 2 rings (SSSR count). The molecule has 2 aromatic rings. The molecule has 0 fully saturated rings. The summed E-state index contributed by atoms with van der Waals surface area (Å²) in [5, 5.41) is 0. The Labute approximate surface area is 119 Å². The zero-order chi connectivity index (χ0) is 14.0. The number of carbonyl (C=O) groups is 1. The summed E-state index contributed by atoms with van der Waals surface area (Å²) in [6.07, 6.45) is 1.43. The molecule has 0 saturated heterocycles. The van der Waals surface area contributed by atoms with E-state index < -0.39 is 0 Å². The van der Waals surface area contributed by atoms with Crippen LogP contribution in [-0.2, 0) is 0 Å². The molecular weight excluding hydrogens is 313 g/mol. The number of hydrogen-bond donors (Lipinski definition) is 0. The quantitative estimate of drug-likeness (QED) is 0.854. The third kappa shape index (κ3) is 2.71. The van der Waals surface area contributed by atoms with E-state index in [9.17, 15) is 9.18 Å². The highest BCUT2D eigenvalue weighted by Crippen LogP contribution is 2.25. The maximum Gasteiger partial charge on any atom is 0.258 e. The number of furan rings is 1. The van der Waals surface area contributed by atoms with Crippen LogP contribution < -0.4 is 0 Å². The lowest BCUT2D eigenvalue weighted by atomic mass is 10.1. The van der Waals surface area contributed by atoms with Crippen molar-refractivity contribution in [2.24, 2.45) is 0 Å². The molecule has 0 aliphatic heterocycles. The van der Waals surface area contributed by atoms with Crippen molar-refractivity contribution in [3.63, 3.8) is 0 Å². The van der Waals surface area contributed by atoms with Gasteiger partial charge < -0.3 is 9.32 Å². The third-order valence-corrected chi connectivity index (χ3v) is 3.72. The maximum absolute atomic E-state index is 13.7. The van der Waals surface area contributed by atoms with Gasteiger partial charge in [-0.1, -0.05) is 18.2 Å². The zero-order valence-electron chi connectivity index (χ0n) is 10.6. The van der Waals surface area contributed by atoms with Gasteiger partial charge in [0.25, 0.3) is 5.91 Å². The van der Waals surface area contributed by atoms with Gasteiger partial charge >= 0.3 is 0 Å². The molecule has 1 amide bonds. The first-order chi connectivity index (χ1) is 9.02. The highest BCUT2D eigenvalue weighted by atomic mass is 79.9. The Balaban J connectivity index is 2.25. The summed E-state index contributed by atoms with van der Waals surface area (Å²) >= 11 is 3.17. The predicted molar refractivity (Wildman–Crippen MR) is 73.3 cm³/mol. The Kier molecular flexibility index (Phi) is 4.04. The van der Waals surface area contributed by atoms with E-state index in [0.717, 1.165) is 0 Å². The molecule has 3 nitrogen and oxygen atoms in total. The SMILES string of the molecule is CC(c1ccccc1F)N(C)C(=O)c1ccoc1Br. The smallest absolute Gasteiger partial charge is 0.258 e. The summed E-state index contributed by atoms with van der Waals surface area (Å²) in [6.45, 7) is 1.78. The molecule has 19 heavy (non-hydrogen) atoms. The van der Waals surface area contributed by atoms with Crippen molar-refractivity contribution in [2.45, 2.75) is 13.0 Å². The molecule has 1 unspecified atom stereocenters. The number of hydrogen-bond acceptors (Lipinski definition) is 2. The van der Waals surface area contributed by atoms with Gasteiger partial charge in [0.1, 0.15) is 5.82 Å². The van der Waals surface area contributed by atoms with E-state index in [0.29, 0.717) is 15.8 Å². The van der Waals surface area contributed by atoms with Crippen LogP contribution in [0.4, 0.5) is 4.39 Å². The van der Waals surface area contributed by atoms with Gasteiger partial charge in [-0.15, -0.1) is 0 Å². The van der Waals surface area contributed by atoms with Gasteiger partial charge in [-0.3, -0.25) is 4.79 Å². The molecule has 0 bridgehead atoms. The summed E-state index contributed by atoms with van der Waals surface area (Å²) in [4.78, 5) is 13.7. The fourth-order valence-corrected chi connectivity index (χ4v) is 2.24. The minimum Gasteiger partial charge on any atom is -0.457 e. The molecule has 1 aromatic carbocycles. The molecule has 0 aliphatic carbocycles. The van der Waals surface area contributed by atoms with Crippen LogP contribution in [0, 0.1) is 5.82 Å². The predicted octanol–water partition coefficient (Wildman–Crippen LogP) is 4.01. The van der Waals surface area contributed by atoms with Gasteiger partial charge in [0.2, 0.25) is 0 Å². The summed E-state index contributed by atoms with van der Waals surface area (Å²) in [5.74, 6) is -0.544. The Morgan fingerprint density at radius 1 is 1.37 bits per heavy atom. The minimum atomic E-state index is -0.365. The molecule has 1 atom stereocenters. The van der Waals surface area contributed by atoms with E-state index >= 15 is 0 Å². The first-order valence-corrected chi connectivity index (χ1v) is 6.56. The van der Waals surface area contributed by atoms with Crippen LogP contribution in [0.15, 0.2) is 45.7 Å². The summed E-state index contributed by atoms with van der Waals surface area (Å²) in [6, 6.07) is 7.65. The van der Waals surface area contributed by atoms with E-state index in [4.69, 9.17) is 4.42 Å². The molecule has 0 N–H and O–H groups in total. The first kappa shape index (κ1) is 13.8. The van der Waals surface area contributed by atoms with Crippen molar-refractivity contribution in [3.8, 4) is 0 Å². The van der Waals surface area contributed by atoms with E-state index in [-0.39, 0.29) is 17.8 Å². The highest BCUT2D eigenvalue weighted by Gasteiger charge is 2.23. The lowest BCUT2D eigenvalue weighted by molar-refractivity contribution is 0.0738. The molecule has 1 aromatic heterocycles. The third-order valence-electron chi connectivity index (χ3n) is 3.10. The van der Waals surface area contributed by atoms with Crippen LogP contribution in [0.25, 0.3) is 0 Å². The fourth-order valence-electron chi connectivity index (χ4n) is 1.83. The van der Waals surface area contributed by atoms with Crippen LogP contribution in [0.3, 0.4) is 0 Å². The summed E-state index contributed by atoms with van der Waals surface area (Å²) in [7, 11) is 1.64. The Bertz CT molecular complexity index is 597. The van der Waals surface area contributed by atoms with E-state index in [2.05, 4.69) is 15.9 Å². The van der Waals surface area contributed by atoms with E-state index in [1.807, 2.05) is 0 Å². The normalized spacial score (nSPS) is 12.2. The van der Waals surface area contributed by atoms with Gasteiger partial charge in [0.15, 0.2) is 4.67 Å². The van der Waals surface area contributed by atoms with Gasteiger partial charge in [-0.25, -0.2) is 4.39 Å². The number of carbonyl (C=O) groups excluding carboxylic acids is 1. The van der Waals surface area contributed by atoms with Crippen LogP contribution in [0.5, 0.6) is 0 Å². The zero-order valence-corrected chi connectivity index (χ0v) is 12.1. The van der Waals surface area contributed by atoms with Crippen molar-refractivity contribution in [2.75, 3.05) is 7.05 Å². The molecule has 5 heteroatoms. The second-order valence-electron chi connectivity index (χ2n) is 4.22. The lowest BCUT2D eigenvalue weighted by Crippen LogP contribution is -2.30. The van der Waals surface area contributed by atoms with Gasteiger partial charge in [0, 0.05) is 12.6 Å². The number of nitrogens with zero attached hydrogens (tertiary/aromatic N) is 1. The Morgan fingerprint density at radius 2 is 2.05 bits per heavy atom. The van der Waals surface area contributed by atoms with Crippen LogP contribution in [0.2, 0.25) is 0 Å². The van der Waals surface area contributed by atoms with Crippen molar-refractivity contribution in [1.29, 1.82) is 0 Å². The van der Waals surface area contributed by atoms with Crippen LogP contribution in [0.1, 0.15) is 28.9 Å². The topological polar surface area (TPSA) is 33.5 Å². The number of rotatable bonds is 3. The molecule has 0 aliphatic rings. The largest absolute Gasteiger partial charge is 0.457 e. The van der Waals surface area contributed by atoms with E-state index in [1.165, 1.54) is 17.2 Å².